The van der Waals surface area contributed by atoms with Crippen LogP contribution in [0.3, 0.4) is 0 Å². The van der Waals surface area contributed by atoms with Gasteiger partial charge in [0.2, 0.25) is 0 Å². The lowest BCUT2D eigenvalue weighted by Gasteiger charge is -2.06. The second-order valence-electron chi connectivity index (χ2n) is 5.31. The summed E-state index contributed by atoms with van der Waals surface area (Å²) in [4.78, 5) is 39.3. The van der Waals surface area contributed by atoms with Crippen molar-refractivity contribution in [2.75, 3.05) is 11.9 Å². The van der Waals surface area contributed by atoms with Gasteiger partial charge >= 0.3 is 5.97 Å². The van der Waals surface area contributed by atoms with Crippen molar-refractivity contribution in [2.24, 2.45) is 5.73 Å². The molecule has 0 aliphatic heterocycles. The number of carbonyl (C=O) groups excluding carboxylic acids is 3. The van der Waals surface area contributed by atoms with Crippen LogP contribution in [0.1, 0.15) is 21.8 Å². The van der Waals surface area contributed by atoms with Gasteiger partial charge in [-0.25, -0.2) is 4.98 Å². The van der Waals surface area contributed by atoms with Crippen LogP contribution >= 0.6 is 22.7 Å². The molecule has 2 amide bonds. The number of nitrogens with two attached hydrogens (primary N) is 1. The van der Waals surface area contributed by atoms with Crippen LogP contribution < -0.4 is 11.1 Å². The predicted molar refractivity (Wildman–Crippen MR) is 100 cm³/mol. The third kappa shape index (κ3) is 4.44. The second kappa shape index (κ2) is 8.07. The number of carbonyl (C=O) groups is 3. The Morgan fingerprint density at radius 2 is 2.00 bits per heavy atom. The molecule has 0 aliphatic rings. The molecule has 0 spiro atoms. The molecule has 3 N–H and O–H groups in total. The molecule has 9 heteroatoms. The molecule has 2 aromatic heterocycles. The van der Waals surface area contributed by atoms with Crippen molar-refractivity contribution in [1.82, 2.24) is 4.98 Å². The lowest BCUT2D eigenvalue weighted by molar-refractivity contribution is -0.147. The fraction of sp³-hybridized carbons (Fsp3) is 0.176. The topological polar surface area (TPSA) is 111 Å². The van der Waals surface area contributed by atoms with E-state index in [1.165, 1.54) is 28.7 Å². The summed E-state index contributed by atoms with van der Waals surface area (Å²) in [5.41, 5.74) is 6.34. The van der Waals surface area contributed by atoms with Gasteiger partial charge in [-0.15, -0.1) is 22.7 Å². The van der Waals surface area contributed by atoms with Gasteiger partial charge < -0.3 is 15.8 Å². The van der Waals surface area contributed by atoms with Crippen molar-refractivity contribution in [3.8, 4) is 0 Å². The van der Waals surface area contributed by atoms with E-state index in [1.807, 2.05) is 24.3 Å². The molecular weight excluding hydrogens is 374 g/mol. The summed E-state index contributed by atoms with van der Waals surface area (Å²) < 4.78 is 6.03. The molecule has 0 aliphatic carbocycles. The van der Waals surface area contributed by atoms with E-state index < -0.39 is 24.4 Å². The molecule has 0 fully saturated rings. The number of aromatic nitrogens is 1. The van der Waals surface area contributed by atoms with Crippen LogP contribution in [0, 0.1) is 0 Å². The molecule has 7 nitrogen and oxygen atoms in total. The summed E-state index contributed by atoms with van der Waals surface area (Å²) in [5, 5.41) is 5.33. The first kappa shape index (κ1) is 18.0. The predicted octanol–water partition coefficient (Wildman–Crippen LogP) is 2.57. The Morgan fingerprint density at radius 3 is 2.77 bits per heavy atom. The molecule has 0 saturated carbocycles. The average Bonchev–Trinajstić information content (AvgIpc) is 3.24. The maximum Gasteiger partial charge on any atom is 0.306 e. The Hall–Kier alpha value is -2.78. The lowest BCUT2D eigenvalue weighted by Crippen LogP contribution is -2.22. The number of aryl methyl sites for hydroxylation is 1. The minimum Gasteiger partial charge on any atom is -0.456 e. The highest BCUT2D eigenvalue weighted by Gasteiger charge is 2.14. The summed E-state index contributed by atoms with van der Waals surface area (Å²) in [6.07, 6.45) is 0.592. The maximum absolute atomic E-state index is 11.8. The minimum atomic E-state index is -0.630. The van der Waals surface area contributed by atoms with Crippen LogP contribution in [-0.2, 0) is 20.7 Å². The number of benzene rings is 1. The van der Waals surface area contributed by atoms with Crippen LogP contribution in [-0.4, -0.2) is 29.4 Å². The number of primary amides is 1. The molecule has 0 atom stereocenters. The minimum absolute atomic E-state index is 0.138. The quantitative estimate of drug-likeness (QED) is 0.603. The fourth-order valence-electron chi connectivity index (χ4n) is 2.22. The number of amides is 2. The van der Waals surface area contributed by atoms with E-state index in [0.717, 1.165) is 15.2 Å². The largest absolute Gasteiger partial charge is 0.456 e. The van der Waals surface area contributed by atoms with Crippen molar-refractivity contribution in [3.05, 3.63) is 46.3 Å². The van der Waals surface area contributed by atoms with Crippen LogP contribution in [0.5, 0.6) is 0 Å². The first-order valence-corrected chi connectivity index (χ1v) is 9.40. The maximum atomic E-state index is 11.8. The van der Waals surface area contributed by atoms with Crippen molar-refractivity contribution in [1.29, 1.82) is 0 Å². The lowest BCUT2D eigenvalue weighted by atomic mass is 10.3. The number of ether oxygens (including phenoxy) is 1. The van der Waals surface area contributed by atoms with Gasteiger partial charge in [0.1, 0.15) is 5.00 Å². The molecule has 0 saturated heterocycles. The Bertz CT molecular complexity index is 931. The molecule has 3 aromatic rings. The van der Waals surface area contributed by atoms with E-state index in [0.29, 0.717) is 11.4 Å². The molecule has 0 bridgehead atoms. The Labute approximate surface area is 156 Å². The number of hydrogen-bond acceptors (Lipinski definition) is 7. The molecule has 3 rings (SSSR count). The van der Waals surface area contributed by atoms with Gasteiger partial charge in [-0.3, -0.25) is 14.4 Å². The first-order valence-electron chi connectivity index (χ1n) is 7.70. The van der Waals surface area contributed by atoms with Gasteiger partial charge in [-0.05, 0) is 23.6 Å². The number of para-hydroxylation sites is 1. The molecule has 0 radical (unpaired) electrons. The number of rotatable bonds is 7. The standard InChI is InChI=1S/C17H15N3O4S2/c18-16(23)10-7-8-25-17(10)20-13(21)9-24-15(22)6-5-14-19-11-3-1-2-4-12(11)26-14/h1-4,7-8H,5-6,9H2,(H2,18,23)(H,20,21). The van der Waals surface area contributed by atoms with Gasteiger partial charge in [0.25, 0.3) is 11.8 Å². The van der Waals surface area contributed by atoms with E-state index in [4.69, 9.17) is 10.5 Å². The normalized spacial score (nSPS) is 10.6. The van der Waals surface area contributed by atoms with Gasteiger partial charge in [0, 0.05) is 6.42 Å². The van der Waals surface area contributed by atoms with E-state index >= 15 is 0 Å². The van der Waals surface area contributed by atoms with Crippen LogP contribution in [0.2, 0.25) is 0 Å². The van der Waals surface area contributed by atoms with Crippen LogP contribution in [0.25, 0.3) is 10.2 Å². The molecule has 134 valence electrons. The van der Waals surface area contributed by atoms with Gasteiger partial charge in [0.15, 0.2) is 6.61 Å². The molecule has 0 unspecified atom stereocenters. The molecule has 26 heavy (non-hydrogen) atoms. The summed E-state index contributed by atoms with van der Waals surface area (Å²) in [7, 11) is 0. The average molecular weight is 389 g/mol. The first-order chi connectivity index (χ1) is 12.5. The van der Waals surface area contributed by atoms with E-state index in [-0.39, 0.29) is 12.0 Å². The third-order valence-corrected chi connectivity index (χ3v) is 5.36. The molecule has 1 aromatic carbocycles. The Morgan fingerprint density at radius 1 is 1.19 bits per heavy atom. The highest BCUT2D eigenvalue weighted by molar-refractivity contribution is 7.18. The highest BCUT2D eigenvalue weighted by Crippen LogP contribution is 2.23. The van der Waals surface area contributed by atoms with Gasteiger partial charge in [-0.1, -0.05) is 12.1 Å². The van der Waals surface area contributed by atoms with Crippen molar-refractivity contribution in [3.63, 3.8) is 0 Å². The zero-order chi connectivity index (χ0) is 18.5. The Kier molecular flexibility index (Phi) is 5.59. The van der Waals surface area contributed by atoms with Crippen LogP contribution in [0.15, 0.2) is 35.7 Å². The number of anilines is 1. The van der Waals surface area contributed by atoms with Crippen molar-refractivity contribution in [2.45, 2.75) is 12.8 Å². The number of nitrogens with one attached hydrogen (secondary N) is 1. The summed E-state index contributed by atoms with van der Waals surface area (Å²) in [6.45, 7) is -0.422. The summed E-state index contributed by atoms with van der Waals surface area (Å²) in [6, 6.07) is 9.27. The van der Waals surface area contributed by atoms with E-state index in [1.54, 1.807) is 5.38 Å². The smallest absolute Gasteiger partial charge is 0.306 e. The third-order valence-electron chi connectivity index (χ3n) is 3.43. The van der Waals surface area contributed by atoms with Gasteiger partial charge in [0.05, 0.1) is 27.2 Å². The van der Waals surface area contributed by atoms with E-state index in [9.17, 15) is 14.4 Å². The van der Waals surface area contributed by atoms with Crippen molar-refractivity contribution >= 4 is 55.7 Å². The van der Waals surface area contributed by atoms with E-state index in [2.05, 4.69) is 10.3 Å². The monoisotopic (exact) mass is 389 g/mol. The van der Waals surface area contributed by atoms with Gasteiger partial charge in [-0.2, -0.15) is 0 Å². The number of nitrogens with zero attached hydrogens (tertiary/aromatic N) is 1. The summed E-state index contributed by atoms with van der Waals surface area (Å²) >= 11 is 2.70. The number of hydrogen-bond donors (Lipinski definition) is 2. The zero-order valence-corrected chi connectivity index (χ0v) is 15.2. The number of esters is 1. The molecular formula is C17H15N3O4S2. The fourth-order valence-corrected chi connectivity index (χ4v) is 3.99. The number of thiophene rings is 1. The molecule has 2 heterocycles. The summed E-state index contributed by atoms with van der Waals surface area (Å²) in [5.74, 6) is -1.64. The zero-order valence-electron chi connectivity index (χ0n) is 13.6. The Balaban J connectivity index is 1.45. The number of fused-ring (bicyclic) bond motifs is 1. The highest BCUT2D eigenvalue weighted by atomic mass is 32.1. The number of thiazole rings is 1. The van der Waals surface area contributed by atoms with Crippen molar-refractivity contribution < 1.29 is 19.1 Å². The SMILES string of the molecule is NC(=O)c1ccsc1NC(=O)COC(=O)CCc1nc2ccccc2s1. The van der Waals surface area contributed by atoms with Crippen LogP contribution in [0.4, 0.5) is 5.00 Å². The second-order valence-corrected chi connectivity index (χ2v) is 7.34.